The maximum atomic E-state index is 12.0. The fourth-order valence-corrected chi connectivity index (χ4v) is 1.92. The van der Waals surface area contributed by atoms with Crippen molar-refractivity contribution in [3.63, 3.8) is 0 Å². The van der Waals surface area contributed by atoms with Gasteiger partial charge in [-0.25, -0.2) is 4.79 Å². The number of carbonyl (C=O) groups is 2. The zero-order valence-electron chi connectivity index (χ0n) is 10.9. The summed E-state index contributed by atoms with van der Waals surface area (Å²) in [6.07, 6.45) is 1.31. The average molecular weight is 307 g/mol. The van der Waals surface area contributed by atoms with Gasteiger partial charge in [0.15, 0.2) is 5.43 Å². The standard InChI is InChI=1S/C14H11ClN2O4/c1-7-4-12(18)9(6-16-7)13(19)17-11-3-2-8(14(20)21)5-10(11)15/h2-6H,1H3,(H,16,18)(H,17,19)(H,20,21). The summed E-state index contributed by atoms with van der Waals surface area (Å²) in [5, 5.41) is 11.4. The molecule has 0 saturated heterocycles. The number of aryl methyl sites for hydroxylation is 1. The number of carboxylic acid groups (broad SMARTS) is 1. The van der Waals surface area contributed by atoms with Crippen LogP contribution in [0.1, 0.15) is 26.4 Å². The smallest absolute Gasteiger partial charge is 0.335 e. The summed E-state index contributed by atoms with van der Waals surface area (Å²) in [5.41, 5.74) is 0.402. The van der Waals surface area contributed by atoms with Crippen molar-refractivity contribution in [1.29, 1.82) is 0 Å². The number of aromatic amines is 1. The van der Waals surface area contributed by atoms with Crippen LogP contribution in [0, 0.1) is 6.92 Å². The number of hydrogen-bond donors (Lipinski definition) is 3. The van der Waals surface area contributed by atoms with Crippen molar-refractivity contribution in [2.45, 2.75) is 6.92 Å². The van der Waals surface area contributed by atoms with Crippen LogP contribution in [0.25, 0.3) is 0 Å². The number of H-pyrrole nitrogens is 1. The molecule has 1 aromatic carbocycles. The third-order valence-electron chi connectivity index (χ3n) is 2.77. The third kappa shape index (κ3) is 3.29. The highest BCUT2D eigenvalue weighted by Crippen LogP contribution is 2.23. The predicted octanol–water partition coefficient (Wildman–Crippen LogP) is 2.29. The van der Waals surface area contributed by atoms with Crippen molar-refractivity contribution in [2.24, 2.45) is 0 Å². The van der Waals surface area contributed by atoms with Gasteiger partial charge in [-0.05, 0) is 25.1 Å². The lowest BCUT2D eigenvalue weighted by molar-refractivity contribution is 0.0696. The minimum Gasteiger partial charge on any atom is -0.478 e. The molecule has 108 valence electrons. The van der Waals surface area contributed by atoms with Crippen LogP contribution in [0.15, 0.2) is 35.3 Å². The first-order valence-electron chi connectivity index (χ1n) is 5.92. The lowest BCUT2D eigenvalue weighted by Crippen LogP contribution is -2.21. The largest absolute Gasteiger partial charge is 0.478 e. The van der Waals surface area contributed by atoms with Gasteiger partial charge >= 0.3 is 5.97 Å². The molecule has 6 nitrogen and oxygen atoms in total. The van der Waals surface area contributed by atoms with Crippen molar-refractivity contribution in [3.8, 4) is 0 Å². The van der Waals surface area contributed by atoms with Crippen LogP contribution in [-0.4, -0.2) is 22.0 Å². The third-order valence-corrected chi connectivity index (χ3v) is 3.08. The number of pyridine rings is 1. The Labute approximate surface area is 124 Å². The van der Waals surface area contributed by atoms with Crippen molar-refractivity contribution in [1.82, 2.24) is 4.98 Å². The van der Waals surface area contributed by atoms with Crippen LogP contribution < -0.4 is 10.7 Å². The van der Waals surface area contributed by atoms with E-state index in [0.29, 0.717) is 5.69 Å². The number of aromatic carboxylic acids is 1. The first-order valence-corrected chi connectivity index (χ1v) is 6.30. The maximum absolute atomic E-state index is 12.0. The second-order valence-electron chi connectivity index (χ2n) is 4.35. The normalized spacial score (nSPS) is 10.2. The number of rotatable bonds is 3. The molecule has 21 heavy (non-hydrogen) atoms. The van der Waals surface area contributed by atoms with E-state index in [4.69, 9.17) is 16.7 Å². The molecule has 0 radical (unpaired) electrons. The number of carboxylic acids is 1. The van der Waals surface area contributed by atoms with E-state index in [1.807, 2.05) is 0 Å². The molecule has 0 bridgehead atoms. The number of carbonyl (C=O) groups excluding carboxylic acids is 1. The molecule has 7 heteroatoms. The fourth-order valence-electron chi connectivity index (χ4n) is 1.69. The first-order chi connectivity index (χ1) is 9.88. The minimum atomic E-state index is -1.12. The highest BCUT2D eigenvalue weighted by atomic mass is 35.5. The van der Waals surface area contributed by atoms with Crippen LogP contribution in [0.3, 0.4) is 0 Å². The Morgan fingerprint density at radius 3 is 2.57 bits per heavy atom. The molecule has 0 atom stereocenters. The second kappa shape index (κ2) is 5.80. The Bertz CT molecular complexity index is 783. The molecule has 0 aliphatic heterocycles. The van der Waals surface area contributed by atoms with Crippen molar-refractivity contribution in [3.05, 3.63) is 62.5 Å². The number of nitrogens with one attached hydrogen (secondary N) is 2. The Hall–Kier alpha value is -2.60. The van der Waals surface area contributed by atoms with Gasteiger partial charge in [-0.15, -0.1) is 0 Å². The lowest BCUT2D eigenvalue weighted by atomic mass is 10.2. The Balaban J connectivity index is 2.27. The first kappa shape index (κ1) is 14.8. The topological polar surface area (TPSA) is 99.3 Å². The van der Waals surface area contributed by atoms with Gasteiger partial charge in [0, 0.05) is 18.0 Å². The molecule has 3 N–H and O–H groups in total. The monoisotopic (exact) mass is 306 g/mol. The Morgan fingerprint density at radius 1 is 1.29 bits per heavy atom. The summed E-state index contributed by atoms with van der Waals surface area (Å²) >= 11 is 5.91. The van der Waals surface area contributed by atoms with Crippen LogP contribution in [0.2, 0.25) is 5.02 Å². The molecule has 0 spiro atoms. The van der Waals surface area contributed by atoms with Gasteiger partial charge in [0.1, 0.15) is 5.56 Å². The van der Waals surface area contributed by atoms with Gasteiger partial charge in [0.05, 0.1) is 16.3 Å². The summed E-state index contributed by atoms with van der Waals surface area (Å²) in [5.74, 6) is -1.74. The van der Waals surface area contributed by atoms with Gasteiger partial charge in [-0.2, -0.15) is 0 Å². The van der Waals surface area contributed by atoms with Crippen LogP contribution in [-0.2, 0) is 0 Å². The van der Waals surface area contributed by atoms with Gasteiger partial charge in [0.25, 0.3) is 5.91 Å². The number of aromatic nitrogens is 1. The number of benzene rings is 1. The van der Waals surface area contributed by atoms with E-state index in [1.165, 1.54) is 30.5 Å². The number of hydrogen-bond acceptors (Lipinski definition) is 3. The van der Waals surface area contributed by atoms with Gasteiger partial charge in [-0.3, -0.25) is 9.59 Å². The van der Waals surface area contributed by atoms with Crippen molar-refractivity contribution >= 4 is 29.2 Å². The molecule has 2 rings (SSSR count). The molecule has 2 aromatic rings. The summed E-state index contributed by atoms with van der Waals surface area (Å²) in [6.45, 7) is 1.70. The Kier molecular flexibility index (Phi) is 4.09. The maximum Gasteiger partial charge on any atom is 0.335 e. The molecule has 0 aliphatic rings. The predicted molar refractivity (Wildman–Crippen MR) is 78.2 cm³/mol. The highest BCUT2D eigenvalue weighted by Gasteiger charge is 2.13. The van der Waals surface area contributed by atoms with Crippen molar-refractivity contribution < 1.29 is 14.7 Å². The highest BCUT2D eigenvalue weighted by molar-refractivity contribution is 6.34. The minimum absolute atomic E-state index is 0.00572. The summed E-state index contributed by atoms with van der Waals surface area (Å²) in [4.78, 5) is 37.3. The van der Waals surface area contributed by atoms with Crippen LogP contribution in [0.5, 0.6) is 0 Å². The van der Waals surface area contributed by atoms with Crippen molar-refractivity contribution in [2.75, 3.05) is 5.32 Å². The fraction of sp³-hybridized carbons (Fsp3) is 0.0714. The van der Waals surface area contributed by atoms with E-state index in [1.54, 1.807) is 6.92 Å². The van der Waals surface area contributed by atoms with E-state index in [0.717, 1.165) is 0 Å². The van der Waals surface area contributed by atoms with E-state index >= 15 is 0 Å². The van der Waals surface area contributed by atoms with Crippen LogP contribution in [0.4, 0.5) is 5.69 Å². The molecule has 1 aromatic heterocycles. The number of halogens is 1. The van der Waals surface area contributed by atoms with E-state index in [-0.39, 0.29) is 21.8 Å². The molecule has 0 fully saturated rings. The zero-order valence-corrected chi connectivity index (χ0v) is 11.7. The van der Waals surface area contributed by atoms with Crippen LogP contribution >= 0.6 is 11.6 Å². The van der Waals surface area contributed by atoms with Gasteiger partial charge < -0.3 is 15.4 Å². The molecule has 1 heterocycles. The molecule has 0 aliphatic carbocycles. The van der Waals surface area contributed by atoms with E-state index in [2.05, 4.69) is 10.3 Å². The summed E-state index contributed by atoms with van der Waals surface area (Å²) in [7, 11) is 0. The zero-order chi connectivity index (χ0) is 15.6. The molecule has 0 saturated carbocycles. The van der Waals surface area contributed by atoms with E-state index < -0.39 is 17.3 Å². The van der Waals surface area contributed by atoms with Gasteiger partial charge in [0.2, 0.25) is 0 Å². The van der Waals surface area contributed by atoms with E-state index in [9.17, 15) is 14.4 Å². The average Bonchev–Trinajstić information content (AvgIpc) is 2.40. The second-order valence-corrected chi connectivity index (χ2v) is 4.76. The lowest BCUT2D eigenvalue weighted by Gasteiger charge is -2.07. The number of amides is 1. The SMILES string of the molecule is Cc1cc(=O)c(C(=O)Nc2ccc(C(=O)O)cc2Cl)c[nH]1. The Morgan fingerprint density at radius 2 is 2.00 bits per heavy atom. The summed E-state index contributed by atoms with van der Waals surface area (Å²) in [6, 6.07) is 5.21. The number of anilines is 1. The molecular formula is C14H11ClN2O4. The molecule has 0 unspecified atom stereocenters. The molecule has 1 amide bonds. The van der Waals surface area contributed by atoms with Gasteiger partial charge in [-0.1, -0.05) is 11.6 Å². The summed E-state index contributed by atoms with van der Waals surface area (Å²) < 4.78 is 0. The molecular weight excluding hydrogens is 296 g/mol. The quantitative estimate of drug-likeness (QED) is 0.810.